The number of nitrogens with zero attached hydrogens (tertiary/aromatic N) is 2. The highest BCUT2D eigenvalue weighted by Gasteiger charge is 2.32. The summed E-state index contributed by atoms with van der Waals surface area (Å²) in [5.74, 6) is -1.16. The van der Waals surface area contributed by atoms with Crippen molar-refractivity contribution in [2.24, 2.45) is 0 Å². The van der Waals surface area contributed by atoms with Crippen molar-refractivity contribution in [3.8, 4) is 0 Å². The number of rotatable bonds is 10. The first kappa shape index (κ1) is 27.9. The van der Waals surface area contributed by atoms with E-state index < -0.39 is 40.2 Å². The largest absolute Gasteiger partial charge is 0.357 e. The molecule has 0 aliphatic heterocycles. The van der Waals surface area contributed by atoms with Gasteiger partial charge < -0.3 is 10.2 Å². The number of benzene rings is 3. The first-order valence-corrected chi connectivity index (χ1v) is 13.4. The highest BCUT2D eigenvalue weighted by atomic mass is 32.2. The van der Waals surface area contributed by atoms with E-state index in [1.165, 1.54) is 48.3 Å². The van der Waals surface area contributed by atoms with Gasteiger partial charge in [0, 0.05) is 13.6 Å². The molecule has 0 saturated carbocycles. The van der Waals surface area contributed by atoms with Crippen molar-refractivity contribution >= 4 is 27.5 Å². The number of likely N-dealkylation sites (N-methyl/N-ethyl adjacent to an activating group) is 1. The molecule has 0 spiro atoms. The van der Waals surface area contributed by atoms with Crippen LogP contribution >= 0.6 is 0 Å². The van der Waals surface area contributed by atoms with Gasteiger partial charge in [0.25, 0.3) is 10.0 Å². The molecule has 0 aromatic heterocycles. The fourth-order valence-corrected chi connectivity index (χ4v) is 5.29. The van der Waals surface area contributed by atoms with Crippen molar-refractivity contribution in [3.05, 3.63) is 95.8 Å². The molecule has 0 aliphatic rings. The molecule has 196 valence electrons. The molecule has 37 heavy (non-hydrogen) atoms. The summed E-state index contributed by atoms with van der Waals surface area (Å²) in [7, 11) is -2.65. The molecule has 0 radical (unpaired) electrons. The minimum absolute atomic E-state index is 0.000782. The standard InChI is InChI=1S/C28H32FN3O4S/c1-20(2)23-12-16-25(17-13-23)32(37(35,36)26-8-6-5-7-9-26)19-27(33)31(21(3)28(34)30-4)18-22-10-14-24(29)15-11-22/h5-17,20-21H,18-19H2,1-4H3,(H,30,34). The first-order chi connectivity index (χ1) is 17.5. The molecule has 7 nitrogen and oxygen atoms in total. The molecule has 0 bridgehead atoms. The maximum atomic E-state index is 13.7. The van der Waals surface area contributed by atoms with Gasteiger partial charge in [-0.3, -0.25) is 13.9 Å². The quantitative estimate of drug-likeness (QED) is 0.428. The van der Waals surface area contributed by atoms with Crippen LogP contribution in [0, 0.1) is 5.82 Å². The van der Waals surface area contributed by atoms with E-state index in [1.807, 2.05) is 26.0 Å². The zero-order valence-corrected chi connectivity index (χ0v) is 22.2. The highest BCUT2D eigenvalue weighted by Crippen LogP contribution is 2.26. The molecule has 2 amide bonds. The summed E-state index contributed by atoms with van der Waals surface area (Å²) >= 11 is 0. The smallest absolute Gasteiger partial charge is 0.264 e. The van der Waals surface area contributed by atoms with Gasteiger partial charge in [0.2, 0.25) is 11.8 Å². The minimum Gasteiger partial charge on any atom is -0.357 e. The van der Waals surface area contributed by atoms with Crippen LogP contribution < -0.4 is 9.62 Å². The van der Waals surface area contributed by atoms with Crippen LogP contribution in [0.4, 0.5) is 10.1 Å². The summed E-state index contributed by atoms with van der Waals surface area (Å²) in [6.07, 6.45) is 0. The van der Waals surface area contributed by atoms with Gasteiger partial charge >= 0.3 is 0 Å². The average molecular weight is 526 g/mol. The van der Waals surface area contributed by atoms with Gasteiger partial charge in [0.05, 0.1) is 10.6 Å². The normalized spacial score (nSPS) is 12.2. The number of halogens is 1. The van der Waals surface area contributed by atoms with Crippen molar-refractivity contribution < 1.29 is 22.4 Å². The molecule has 3 rings (SSSR count). The molecule has 0 heterocycles. The number of carbonyl (C=O) groups is 2. The van der Waals surface area contributed by atoms with Crippen molar-refractivity contribution in [2.45, 2.75) is 44.2 Å². The fraction of sp³-hybridized carbons (Fsp3) is 0.286. The van der Waals surface area contributed by atoms with E-state index in [0.29, 0.717) is 11.3 Å². The lowest BCUT2D eigenvalue weighted by Gasteiger charge is -2.31. The Morgan fingerprint density at radius 2 is 1.49 bits per heavy atom. The predicted octanol–water partition coefficient (Wildman–Crippen LogP) is 4.31. The molecule has 1 N–H and O–H groups in total. The van der Waals surface area contributed by atoms with E-state index in [2.05, 4.69) is 5.32 Å². The van der Waals surface area contributed by atoms with E-state index in [4.69, 9.17) is 0 Å². The van der Waals surface area contributed by atoms with Gasteiger partial charge in [-0.1, -0.05) is 56.3 Å². The third-order valence-corrected chi connectivity index (χ3v) is 7.93. The third-order valence-electron chi connectivity index (χ3n) is 6.14. The van der Waals surface area contributed by atoms with Gasteiger partial charge in [0.1, 0.15) is 18.4 Å². The van der Waals surface area contributed by atoms with Crippen LogP contribution in [-0.4, -0.2) is 44.8 Å². The van der Waals surface area contributed by atoms with Crippen molar-refractivity contribution in [3.63, 3.8) is 0 Å². The SMILES string of the molecule is CNC(=O)C(C)N(Cc1ccc(F)cc1)C(=O)CN(c1ccc(C(C)C)cc1)S(=O)(=O)c1ccccc1. The maximum absolute atomic E-state index is 13.7. The average Bonchev–Trinajstić information content (AvgIpc) is 2.90. The second-order valence-electron chi connectivity index (χ2n) is 9.01. The lowest BCUT2D eigenvalue weighted by molar-refractivity contribution is -0.139. The Morgan fingerprint density at radius 1 is 0.892 bits per heavy atom. The van der Waals surface area contributed by atoms with Gasteiger partial charge in [-0.15, -0.1) is 0 Å². The van der Waals surface area contributed by atoms with Crippen LogP contribution in [0.5, 0.6) is 0 Å². The molecule has 0 fully saturated rings. The molecule has 1 unspecified atom stereocenters. The second kappa shape index (κ2) is 12.0. The highest BCUT2D eigenvalue weighted by molar-refractivity contribution is 7.92. The fourth-order valence-electron chi connectivity index (χ4n) is 3.85. The summed E-state index contributed by atoms with van der Waals surface area (Å²) in [6.45, 7) is 5.10. The molecule has 3 aromatic rings. The van der Waals surface area contributed by atoms with Crippen LogP contribution in [-0.2, 0) is 26.2 Å². The summed E-state index contributed by atoms with van der Waals surface area (Å²) in [5.41, 5.74) is 1.96. The molecule has 0 aliphatic carbocycles. The van der Waals surface area contributed by atoms with Crippen LogP contribution in [0.2, 0.25) is 0 Å². The molecule has 9 heteroatoms. The zero-order valence-electron chi connectivity index (χ0n) is 21.4. The number of anilines is 1. The molecular formula is C28H32FN3O4S. The Labute approximate surface area is 218 Å². The Bertz CT molecular complexity index is 1310. The Hall–Kier alpha value is -3.72. The van der Waals surface area contributed by atoms with E-state index >= 15 is 0 Å². The summed E-state index contributed by atoms with van der Waals surface area (Å²) in [6, 6.07) is 19.6. The Balaban J connectivity index is 2.02. The van der Waals surface area contributed by atoms with Crippen LogP contribution in [0.3, 0.4) is 0 Å². The van der Waals surface area contributed by atoms with Crippen molar-refractivity contribution in [1.82, 2.24) is 10.2 Å². The minimum atomic E-state index is -4.11. The van der Waals surface area contributed by atoms with Gasteiger partial charge in [-0.2, -0.15) is 0 Å². The number of carbonyl (C=O) groups excluding carboxylic acids is 2. The van der Waals surface area contributed by atoms with Crippen molar-refractivity contribution in [2.75, 3.05) is 17.9 Å². The Morgan fingerprint density at radius 3 is 2.03 bits per heavy atom. The molecule has 0 saturated heterocycles. The third kappa shape index (κ3) is 6.74. The summed E-state index contributed by atoms with van der Waals surface area (Å²) in [5, 5.41) is 2.53. The zero-order chi connectivity index (χ0) is 27.2. The first-order valence-electron chi connectivity index (χ1n) is 12.0. The molecule has 1 atom stereocenters. The number of hydrogen-bond donors (Lipinski definition) is 1. The molecule has 3 aromatic carbocycles. The van der Waals surface area contributed by atoms with Crippen LogP contribution in [0.15, 0.2) is 83.8 Å². The number of hydrogen-bond acceptors (Lipinski definition) is 4. The predicted molar refractivity (Wildman–Crippen MR) is 142 cm³/mol. The van der Waals surface area contributed by atoms with E-state index in [-0.39, 0.29) is 17.4 Å². The van der Waals surface area contributed by atoms with Gasteiger partial charge in [-0.25, -0.2) is 12.8 Å². The topological polar surface area (TPSA) is 86.8 Å². The van der Waals surface area contributed by atoms with Crippen molar-refractivity contribution in [1.29, 1.82) is 0 Å². The Kier molecular flexibility index (Phi) is 9.04. The summed E-state index contributed by atoms with van der Waals surface area (Å²) in [4.78, 5) is 27.5. The number of nitrogens with one attached hydrogen (secondary N) is 1. The van der Waals surface area contributed by atoms with Gasteiger partial charge in [0.15, 0.2) is 0 Å². The van der Waals surface area contributed by atoms with Crippen LogP contribution in [0.1, 0.15) is 37.8 Å². The van der Waals surface area contributed by atoms with E-state index in [0.717, 1.165) is 9.87 Å². The van der Waals surface area contributed by atoms with Gasteiger partial charge in [-0.05, 0) is 60.4 Å². The lowest BCUT2D eigenvalue weighted by Crippen LogP contribution is -2.50. The van der Waals surface area contributed by atoms with E-state index in [9.17, 15) is 22.4 Å². The monoisotopic (exact) mass is 525 g/mol. The van der Waals surface area contributed by atoms with Crippen LogP contribution in [0.25, 0.3) is 0 Å². The second-order valence-corrected chi connectivity index (χ2v) is 10.9. The molecular weight excluding hydrogens is 493 g/mol. The number of amides is 2. The maximum Gasteiger partial charge on any atom is 0.264 e. The lowest BCUT2D eigenvalue weighted by atomic mass is 10.0. The number of sulfonamides is 1. The summed E-state index contributed by atoms with van der Waals surface area (Å²) < 4.78 is 41.9. The van der Waals surface area contributed by atoms with E-state index in [1.54, 1.807) is 37.3 Å².